The maximum atomic E-state index is 12.0. The maximum Gasteiger partial charge on any atom is 0.338 e. The Balaban J connectivity index is 1.83. The summed E-state index contributed by atoms with van der Waals surface area (Å²) in [5, 5.41) is 5.42. The first-order chi connectivity index (χ1) is 12.9. The van der Waals surface area contributed by atoms with E-state index in [9.17, 15) is 14.4 Å². The Morgan fingerprint density at radius 1 is 1.00 bits per heavy atom. The smallest absolute Gasteiger partial charge is 0.338 e. The predicted octanol–water partition coefficient (Wildman–Crippen LogP) is 3.24. The summed E-state index contributed by atoms with van der Waals surface area (Å²) in [6.45, 7) is 5.01. The summed E-state index contributed by atoms with van der Waals surface area (Å²) in [5.74, 6) is -1.16. The van der Waals surface area contributed by atoms with Gasteiger partial charge in [0.05, 0.1) is 11.6 Å². The molecule has 1 unspecified atom stereocenters. The second-order valence-corrected chi connectivity index (χ2v) is 6.22. The number of esters is 1. The van der Waals surface area contributed by atoms with Gasteiger partial charge in [-0.15, -0.1) is 0 Å². The van der Waals surface area contributed by atoms with Gasteiger partial charge < -0.3 is 15.4 Å². The Hall–Kier alpha value is -3.15. The molecule has 2 amide bonds. The molecule has 1 atom stereocenters. The fraction of sp³-hybridized carbons (Fsp3) is 0.286. The van der Waals surface area contributed by atoms with E-state index in [0.29, 0.717) is 11.3 Å². The summed E-state index contributed by atoms with van der Waals surface area (Å²) in [4.78, 5) is 35.0. The Kier molecular flexibility index (Phi) is 7.11. The van der Waals surface area contributed by atoms with Crippen LogP contribution in [-0.4, -0.2) is 24.4 Å². The molecule has 6 heteroatoms. The lowest BCUT2D eigenvalue weighted by molar-refractivity contribution is -0.124. The minimum Gasteiger partial charge on any atom is -0.452 e. The van der Waals surface area contributed by atoms with Crippen LogP contribution in [-0.2, 0) is 20.7 Å². The lowest BCUT2D eigenvalue weighted by atomic mass is 10.1. The number of hydrogen-bond donors (Lipinski definition) is 2. The third-order valence-corrected chi connectivity index (χ3v) is 4.04. The topological polar surface area (TPSA) is 84.5 Å². The van der Waals surface area contributed by atoms with Crippen molar-refractivity contribution in [2.24, 2.45) is 0 Å². The fourth-order valence-corrected chi connectivity index (χ4v) is 2.52. The number of anilines is 1. The first-order valence-corrected chi connectivity index (χ1v) is 8.82. The molecule has 0 fully saturated rings. The molecule has 2 aromatic carbocycles. The Labute approximate surface area is 158 Å². The normalized spacial score (nSPS) is 11.4. The van der Waals surface area contributed by atoms with Crippen LogP contribution in [0.4, 0.5) is 5.69 Å². The molecule has 0 spiro atoms. The standard InChI is InChI=1S/C21H24N2O4/c1-4-16-5-7-17(8-6-16)14(2)22-20(25)13-27-21(26)18-9-11-19(12-10-18)23-15(3)24/h5-12,14H,4,13H2,1-3H3,(H,22,25)(H,23,24). The van der Waals surface area contributed by atoms with E-state index in [4.69, 9.17) is 4.74 Å². The average Bonchev–Trinajstić information content (AvgIpc) is 2.66. The molecule has 2 N–H and O–H groups in total. The van der Waals surface area contributed by atoms with Crippen molar-refractivity contribution < 1.29 is 19.1 Å². The SMILES string of the molecule is CCc1ccc(C(C)NC(=O)COC(=O)c2ccc(NC(C)=O)cc2)cc1. The number of amides is 2. The van der Waals surface area contributed by atoms with Crippen LogP contribution in [0.25, 0.3) is 0 Å². The Morgan fingerprint density at radius 2 is 1.63 bits per heavy atom. The highest BCUT2D eigenvalue weighted by Crippen LogP contribution is 2.14. The van der Waals surface area contributed by atoms with Gasteiger partial charge in [0.1, 0.15) is 0 Å². The molecular formula is C21H24N2O4. The lowest BCUT2D eigenvalue weighted by Gasteiger charge is -2.15. The largest absolute Gasteiger partial charge is 0.452 e. The molecule has 2 rings (SSSR count). The van der Waals surface area contributed by atoms with Crippen LogP contribution in [0.3, 0.4) is 0 Å². The van der Waals surface area contributed by atoms with Gasteiger partial charge >= 0.3 is 5.97 Å². The highest BCUT2D eigenvalue weighted by molar-refractivity contribution is 5.93. The first-order valence-electron chi connectivity index (χ1n) is 8.82. The van der Waals surface area contributed by atoms with Crippen LogP contribution >= 0.6 is 0 Å². The molecule has 0 aromatic heterocycles. The van der Waals surface area contributed by atoms with Gasteiger partial charge in [0.2, 0.25) is 5.91 Å². The number of hydrogen-bond acceptors (Lipinski definition) is 4. The zero-order valence-electron chi connectivity index (χ0n) is 15.7. The van der Waals surface area contributed by atoms with Gasteiger partial charge in [-0.1, -0.05) is 31.2 Å². The van der Waals surface area contributed by atoms with Crippen molar-refractivity contribution >= 4 is 23.5 Å². The molecule has 6 nitrogen and oxygen atoms in total. The van der Waals surface area contributed by atoms with E-state index in [1.54, 1.807) is 12.1 Å². The fourth-order valence-electron chi connectivity index (χ4n) is 2.52. The number of ether oxygens (including phenoxy) is 1. The minimum absolute atomic E-state index is 0.181. The van der Waals surface area contributed by atoms with Crippen molar-refractivity contribution in [1.82, 2.24) is 5.32 Å². The highest BCUT2D eigenvalue weighted by atomic mass is 16.5. The monoisotopic (exact) mass is 368 g/mol. The Morgan fingerprint density at radius 3 is 2.19 bits per heavy atom. The Bertz CT molecular complexity index is 798. The van der Waals surface area contributed by atoms with Crippen molar-refractivity contribution in [1.29, 1.82) is 0 Å². The number of carbonyl (C=O) groups excluding carboxylic acids is 3. The van der Waals surface area contributed by atoms with Crippen LogP contribution in [0.15, 0.2) is 48.5 Å². The van der Waals surface area contributed by atoms with Crippen molar-refractivity contribution in [2.45, 2.75) is 33.2 Å². The van der Waals surface area contributed by atoms with Crippen LogP contribution in [0.5, 0.6) is 0 Å². The molecule has 0 heterocycles. The summed E-state index contributed by atoms with van der Waals surface area (Å²) < 4.78 is 5.05. The van der Waals surface area contributed by atoms with Gasteiger partial charge in [0.25, 0.3) is 5.91 Å². The van der Waals surface area contributed by atoms with E-state index in [2.05, 4.69) is 17.6 Å². The van der Waals surface area contributed by atoms with Gasteiger partial charge in [0, 0.05) is 12.6 Å². The van der Waals surface area contributed by atoms with Crippen LogP contribution in [0.1, 0.15) is 48.3 Å². The molecule has 0 aliphatic heterocycles. The highest BCUT2D eigenvalue weighted by Gasteiger charge is 2.13. The molecule has 0 radical (unpaired) electrons. The molecule has 0 saturated heterocycles. The number of carbonyl (C=O) groups is 3. The summed E-state index contributed by atoms with van der Waals surface area (Å²) in [6, 6.07) is 14.1. The molecule has 0 aliphatic rings. The number of nitrogens with one attached hydrogen (secondary N) is 2. The first kappa shape index (κ1) is 20.2. The van der Waals surface area contributed by atoms with Crippen LogP contribution in [0, 0.1) is 0 Å². The molecular weight excluding hydrogens is 344 g/mol. The zero-order valence-corrected chi connectivity index (χ0v) is 15.7. The van der Waals surface area contributed by atoms with E-state index >= 15 is 0 Å². The number of benzene rings is 2. The molecule has 142 valence electrons. The van der Waals surface area contributed by atoms with Crippen molar-refractivity contribution in [3.63, 3.8) is 0 Å². The van der Waals surface area contributed by atoms with Gasteiger partial charge in [0.15, 0.2) is 6.61 Å². The van der Waals surface area contributed by atoms with Crippen molar-refractivity contribution in [3.8, 4) is 0 Å². The molecule has 0 aliphatic carbocycles. The van der Waals surface area contributed by atoms with Crippen molar-refractivity contribution in [3.05, 3.63) is 65.2 Å². The van der Waals surface area contributed by atoms with Gasteiger partial charge in [-0.25, -0.2) is 4.79 Å². The summed E-state index contributed by atoms with van der Waals surface area (Å²) in [7, 11) is 0. The van der Waals surface area contributed by atoms with Crippen LogP contribution < -0.4 is 10.6 Å². The summed E-state index contributed by atoms with van der Waals surface area (Å²) >= 11 is 0. The quantitative estimate of drug-likeness (QED) is 0.735. The van der Waals surface area contributed by atoms with Crippen molar-refractivity contribution in [2.75, 3.05) is 11.9 Å². The third-order valence-electron chi connectivity index (χ3n) is 4.04. The maximum absolute atomic E-state index is 12.0. The predicted molar refractivity (Wildman–Crippen MR) is 103 cm³/mol. The summed E-state index contributed by atoms with van der Waals surface area (Å²) in [5.41, 5.74) is 3.11. The van der Waals surface area contributed by atoms with E-state index in [0.717, 1.165) is 12.0 Å². The third kappa shape index (κ3) is 6.26. The van der Waals surface area contributed by atoms with Gasteiger partial charge in [-0.3, -0.25) is 9.59 Å². The summed E-state index contributed by atoms with van der Waals surface area (Å²) in [6.07, 6.45) is 0.961. The van der Waals surface area contributed by atoms with Crippen LogP contribution in [0.2, 0.25) is 0 Å². The molecule has 0 bridgehead atoms. The minimum atomic E-state index is -0.598. The van der Waals surface area contributed by atoms with Gasteiger partial charge in [-0.05, 0) is 48.7 Å². The van der Waals surface area contributed by atoms with E-state index in [-0.39, 0.29) is 24.5 Å². The van der Waals surface area contributed by atoms with E-state index < -0.39 is 5.97 Å². The van der Waals surface area contributed by atoms with Gasteiger partial charge in [-0.2, -0.15) is 0 Å². The lowest BCUT2D eigenvalue weighted by Crippen LogP contribution is -2.31. The van der Waals surface area contributed by atoms with E-state index in [1.165, 1.54) is 24.6 Å². The molecule has 2 aromatic rings. The van der Waals surface area contributed by atoms with E-state index in [1.807, 2.05) is 31.2 Å². The zero-order chi connectivity index (χ0) is 19.8. The number of rotatable bonds is 7. The molecule has 27 heavy (non-hydrogen) atoms. The average molecular weight is 368 g/mol. The molecule has 0 saturated carbocycles. The number of aryl methyl sites for hydroxylation is 1. The second kappa shape index (κ2) is 9.52. The second-order valence-electron chi connectivity index (χ2n) is 6.22.